The highest BCUT2D eigenvalue weighted by Crippen LogP contribution is 2.50. The Morgan fingerprint density at radius 1 is 1.00 bits per heavy atom. The van der Waals surface area contributed by atoms with Crippen LogP contribution in [0.4, 0.5) is 9.18 Å². The predicted molar refractivity (Wildman–Crippen MR) is 117 cm³/mol. The van der Waals surface area contributed by atoms with E-state index in [0.29, 0.717) is 37.4 Å². The summed E-state index contributed by atoms with van der Waals surface area (Å²) >= 11 is 0. The van der Waals surface area contributed by atoms with E-state index in [4.69, 9.17) is 9.47 Å². The number of aromatic nitrogens is 3. The maximum absolute atomic E-state index is 13.5. The average molecular weight is 463 g/mol. The minimum atomic E-state index is -0.407. The van der Waals surface area contributed by atoms with Crippen molar-refractivity contribution in [3.8, 4) is 11.5 Å². The summed E-state index contributed by atoms with van der Waals surface area (Å²) in [7, 11) is 0. The SMILES string of the molecule is O=C1C(c2ccc(F)cc2)C(c2ccc3c(c2)OCO3)N1C1CCN(C(=O)n2cncn2)CC1. The number of benzene rings is 2. The number of rotatable bonds is 3. The first-order chi connectivity index (χ1) is 16.6. The van der Waals surface area contributed by atoms with E-state index in [9.17, 15) is 14.0 Å². The smallest absolute Gasteiger partial charge is 0.346 e. The van der Waals surface area contributed by atoms with Crippen molar-refractivity contribution in [1.82, 2.24) is 24.6 Å². The summed E-state index contributed by atoms with van der Waals surface area (Å²) in [6.45, 7) is 1.20. The molecular weight excluding hydrogens is 441 g/mol. The van der Waals surface area contributed by atoms with Crippen LogP contribution in [0.2, 0.25) is 0 Å². The predicted octanol–water partition coefficient (Wildman–Crippen LogP) is 2.95. The molecule has 0 spiro atoms. The van der Waals surface area contributed by atoms with Crippen molar-refractivity contribution in [2.45, 2.75) is 30.8 Å². The topological polar surface area (TPSA) is 89.8 Å². The van der Waals surface area contributed by atoms with Gasteiger partial charge in [-0.25, -0.2) is 14.2 Å². The average Bonchev–Trinajstić information content (AvgIpc) is 3.56. The molecule has 2 atom stereocenters. The van der Waals surface area contributed by atoms with Crippen molar-refractivity contribution in [2.75, 3.05) is 19.9 Å². The third-order valence-electron chi connectivity index (χ3n) is 6.85. The number of nitrogens with zero attached hydrogens (tertiary/aromatic N) is 5. The van der Waals surface area contributed by atoms with Crippen LogP contribution >= 0.6 is 0 Å². The second kappa shape index (κ2) is 8.12. The van der Waals surface area contributed by atoms with E-state index in [1.807, 2.05) is 23.1 Å². The van der Waals surface area contributed by atoms with Gasteiger partial charge in [0.05, 0.1) is 12.0 Å². The van der Waals surface area contributed by atoms with Crippen molar-refractivity contribution < 1.29 is 23.5 Å². The summed E-state index contributed by atoms with van der Waals surface area (Å²) in [6, 6.07) is 11.4. The van der Waals surface area contributed by atoms with Gasteiger partial charge in [0.1, 0.15) is 18.5 Å². The number of carbonyl (C=O) groups is 2. The van der Waals surface area contributed by atoms with Crippen molar-refractivity contribution in [3.63, 3.8) is 0 Å². The molecule has 2 aromatic carbocycles. The van der Waals surface area contributed by atoms with Gasteiger partial charge in [-0.1, -0.05) is 18.2 Å². The Bertz CT molecular complexity index is 1220. The number of halogens is 1. The van der Waals surface area contributed by atoms with Gasteiger partial charge in [0, 0.05) is 19.1 Å². The lowest BCUT2D eigenvalue weighted by Gasteiger charge is -2.53. The van der Waals surface area contributed by atoms with Gasteiger partial charge in [0.2, 0.25) is 12.7 Å². The monoisotopic (exact) mass is 463 g/mol. The molecule has 3 aliphatic heterocycles. The fourth-order valence-corrected chi connectivity index (χ4v) is 5.15. The Hall–Kier alpha value is -3.95. The molecule has 3 aliphatic rings. The van der Waals surface area contributed by atoms with E-state index in [2.05, 4.69) is 10.1 Å². The van der Waals surface area contributed by atoms with E-state index in [1.165, 1.54) is 29.5 Å². The van der Waals surface area contributed by atoms with Gasteiger partial charge in [-0.2, -0.15) is 9.78 Å². The summed E-state index contributed by atoms with van der Waals surface area (Å²) < 4.78 is 25.8. The Morgan fingerprint density at radius 2 is 1.74 bits per heavy atom. The molecule has 174 valence electrons. The van der Waals surface area contributed by atoms with Crippen molar-refractivity contribution >= 4 is 11.9 Å². The number of hydrogen-bond donors (Lipinski definition) is 0. The number of ether oxygens (including phenoxy) is 2. The fraction of sp³-hybridized carbons (Fsp3) is 0.333. The number of β-lactam (4-membered cyclic amide) rings is 1. The van der Waals surface area contributed by atoms with Gasteiger partial charge in [0.25, 0.3) is 0 Å². The van der Waals surface area contributed by atoms with Gasteiger partial charge < -0.3 is 19.3 Å². The number of carbonyl (C=O) groups excluding carboxylic acids is 2. The van der Waals surface area contributed by atoms with Gasteiger partial charge in [-0.3, -0.25) is 4.79 Å². The van der Waals surface area contributed by atoms with Gasteiger partial charge in [0.15, 0.2) is 11.5 Å². The summed E-state index contributed by atoms with van der Waals surface area (Å²) in [5.41, 5.74) is 1.73. The number of likely N-dealkylation sites (tertiary alicyclic amines) is 2. The Kier molecular flexibility index (Phi) is 4.93. The van der Waals surface area contributed by atoms with Crippen LogP contribution in [0, 0.1) is 5.82 Å². The van der Waals surface area contributed by atoms with Crippen LogP contribution in [0.15, 0.2) is 55.1 Å². The molecule has 0 saturated carbocycles. The van der Waals surface area contributed by atoms with E-state index >= 15 is 0 Å². The maximum atomic E-state index is 13.5. The molecule has 2 unspecified atom stereocenters. The number of amides is 2. The van der Waals surface area contributed by atoms with Gasteiger partial charge in [-0.05, 0) is 48.2 Å². The van der Waals surface area contributed by atoms with Crippen LogP contribution in [0.25, 0.3) is 0 Å². The molecule has 0 bridgehead atoms. The van der Waals surface area contributed by atoms with E-state index in [0.717, 1.165) is 11.1 Å². The molecule has 0 N–H and O–H groups in total. The molecule has 3 aromatic rings. The maximum Gasteiger partial charge on any atom is 0.346 e. The highest BCUT2D eigenvalue weighted by Gasteiger charge is 2.52. The van der Waals surface area contributed by atoms with Crippen LogP contribution < -0.4 is 9.47 Å². The Morgan fingerprint density at radius 3 is 2.47 bits per heavy atom. The fourth-order valence-electron chi connectivity index (χ4n) is 5.15. The second-order valence-electron chi connectivity index (χ2n) is 8.67. The van der Waals surface area contributed by atoms with Crippen LogP contribution in [0.3, 0.4) is 0 Å². The molecule has 2 amide bonds. The lowest BCUT2D eigenvalue weighted by molar-refractivity contribution is -0.156. The van der Waals surface area contributed by atoms with Crippen molar-refractivity contribution in [2.24, 2.45) is 0 Å². The van der Waals surface area contributed by atoms with Crippen molar-refractivity contribution in [1.29, 1.82) is 0 Å². The summed E-state index contributed by atoms with van der Waals surface area (Å²) in [5, 5.41) is 3.92. The number of fused-ring (bicyclic) bond motifs is 1. The molecule has 0 radical (unpaired) electrons. The third-order valence-corrected chi connectivity index (χ3v) is 6.85. The Balaban J connectivity index is 1.26. The van der Waals surface area contributed by atoms with E-state index in [-0.39, 0.29) is 36.6 Å². The third kappa shape index (κ3) is 3.37. The van der Waals surface area contributed by atoms with Crippen LogP contribution in [0.1, 0.15) is 35.9 Å². The minimum Gasteiger partial charge on any atom is -0.454 e. The molecular formula is C24H22FN5O4. The molecule has 1 aromatic heterocycles. The van der Waals surface area contributed by atoms with E-state index < -0.39 is 5.92 Å². The first-order valence-corrected chi connectivity index (χ1v) is 11.2. The van der Waals surface area contributed by atoms with Crippen LogP contribution in [-0.4, -0.2) is 62.4 Å². The van der Waals surface area contributed by atoms with E-state index in [1.54, 1.807) is 17.0 Å². The second-order valence-corrected chi connectivity index (χ2v) is 8.67. The quantitative estimate of drug-likeness (QED) is 0.555. The lowest BCUT2D eigenvalue weighted by atomic mass is 9.75. The van der Waals surface area contributed by atoms with Crippen LogP contribution in [-0.2, 0) is 4.79 Å². The molecule has 4 heterocycles. The minimum absolute atomic E-state index is 0.00956. The first kappa shape index (κ1) is 20.6. The first-order valence-electron chi connectivity index (χ1n) is 11.2. The Labute approximate surface area is 194 Å². The molecule has 2 saturated heterocycles. The normalized spacial score (nSPS) is 22.1. The molecule has 6 rings (SSSR count). The highest BCUT2D eigenvalue weighted by molar-refractivity contribution is 5.92. The van der Waals surface area contributed by atoms with Crippen molar-refractivity contribution in [3.05, 3.63) is 72.1 Å². The van der Waals surface area contributed by atoms with Crippen LogP contribution in [0.5, 0.6) is 11.5 Å². The molecule has 0 aliphatic carbocycles. The zero-order valence-corrected chi connectivity index (χ0v) is 18.2. The zero-order chi connectivity index (χ0) is 23.2. The molecule has 34 heavy (non-hydrogen) atoms. The zero-order valence-electron chi connectivity index (χ0n) is 18.2. The molecule has 10 heteroatoms. The summed E-state index contributed by atoms with van der Waals surface area (Å²) in [5.74, 6) is 0.602. The standard InChI is InChI=1S/C24H22FN5O4/c25-17-4-1-15(2-5-17)21-22(16-3-6-19-20(11-16)34-14-33-19)30(23(21)31)18-7-9-28(10-8-18)24(32)29-13-26-12-27-29/h1-6,11-13,18,21-22H,7-10,14H2. The molecule has 2 fully saturated rings. The summed E-state index contributed by atoms with van der Waals surface area (Å²) in [4.78, 5) is 33.5. The lowest BCUT2D eigenvalue weighted by Crippen LogP contribution is -2.60. The number of hydrogen-bond acceptors (Lipinski definition) is 6. The number of piperidine rings is 1. The largest absolute Gasteiger partial charge is 0.454 e. The highest BCUT2D eigenvalue weighted by atomic mass is 19.1. The van der Waals surface area contributed by atoms with Gasteiger partial charge >= 0.3 is 6.03 Å². The molecule has 9 nitrogen and oxygen atoms in total. The summed E-state index contributed by atoms with van der Waals surface area (Å²) in [6.07, 6.45) is 4.03. The van der Waals surface area contributed by atoms with Gasteiger partial charge in [-0.15, -0.1) is 0 Å².